The van der Waals surface area contributed by atoms with Gasteiger partial charge >= 0.3 is 0 Å². The number of ether oxygens (including phenoxy) is 1. The first-order chi connectivity index (χ1) is 15.0. The van der Waals surface area contributed by atoms with Crippen molar-refractivity contribution in [3.8, 4) is 5.75 Å². The van der Waals surface area contributed by atoms with E-state index < -0.39 is 0 Å². The number of anilines is 1. The van der Waals surface area contributed by atoms with Crippen LogP contribution in [0.5, 0.6) is 5.75 Å². The maximum Gasteiger partial charge on any atom is 0.251 e. The fourth-order valence-corrected chi connectivity index (χ4v) is 3.62. The Morgan fingerprint density at radius 2 is 1.84 bits per heavy atom. The van der Waals surface area contributed by atoms with Crippen molar-refractivity contribution in [2.45, 2.75) is 24.5 Å². The maximum atomic E-state index is 12.7. The van der Waals surface area contributed by atoms with E-state index in [0.717, 1.165) is 17.7 Å². The molecule has 3 rings (SSSR count). The fraction of sp³-hybridized carbons (Fsp3) is 0.273. The van der Waals surface area contributed by atoms with Crippen LogP contribution in [0.15, 0.2) is 60.0 Å². The summed E-state index contributed by atoms with van der Waals surface area (Å²) in [6, 6.07) is 14.4. The largest absolute Gasteiger partial charge is 0.497 e. The highest BCUT2D eigenvalue weighted by atomic mass is 32.2. The van der Waals surface area contributed by atoms with Crippen molar-refractivity contribution in [2.75, 3.05) is 18.2 Å². The molecular formula is C22H25N5O3S. The van der Waals surface area contributed by atoms with Crippen LogP contribution in [0.3, 0.4) is 0 Å². The van der Waals surface area contributed by atoms with Crippen LogP contribution in [0.1, 0.15) is 35.3 Å². The highest BCUT2D eigenvalue weighted by molar-refractivity contribution is 7.99. The zero-order valence-corrected chi connectivity index (χ0v) is 18.5. The van der Waals surface area contributed by atoms with Crippen LogP contribution in [0, 0.1) is 0 Å². The Morgan fingerprint density at radius 1 is 1.13 bits per heavy atom. The molecule has 0 saturated carbocycles. The number of rotatable bonds is 9. The van der Waals surface area contributed by atoms with E-state index in [-0.39, 0.29) is 23.6 Å². The van der Waals surface area contributed by atoms with Gasteiger partial charge in [-0.25, -0.2) is 0 Å². The van der Waals surface area contributed by atoms with Crippen LogP contribution in [0.25, 0.3) is 0 Å². The van der Waals surface area contributed by atoms with Crippen LogP contribution < -0.4 is 15.4 Å². The second-order valence-corrected chi connectivity index (χ2v) is 7.79. The molecule has 8 nitrogen and oxygen atoms in total. The summed E-state index contributed by atoms with van der Waals surface area (Å²) in [6.45, 7) is 2.02. The predicted molar refractivity (Wildman–Crippen MR) is 120 cm³/mol. The van der Waals surface area contributed by atoms with E-state index in [1.54, 1.807) is 42.3 Å². The number of hydrogen-bond donors (Lipinski definition) is 2. The van der Waals surface area contributed by atoms with Crippen LogP contribution in [-0.4, -0.2) is 39.4 Å². The number of benzene rings is 2. The summed E-state index contributed by atoms with van der Waals surface area (Å²) in [5, 5.41) is 14.3. The number of nitrogens with zero attached hydrogens (tertiary/aromatic N) is 3. The quantitative estimate of drug-likeness (QED) is 0.496. The minimum Gasteiger partial charge on any atom is -0.497 e. The molecule has 0 aliphatic rings. The summed E-state index contributed by atoms with van der Waals surface area (Å²) >= 11 is 1.30. The van der Waals surface area contributed by atoms with Gasteiger partial charge in [0.1, 0.15) is 12.1 Å². The van der Waals surface area contributed by atoms with Gasteiger partial charge in [-0.1, -0.05) is 30.8 Å². The van der Waals surface area contributed by atoms with Crippen molar-refractivity contribution in [3.63, 3.8) is 0 Å². The molecular weight excluding hydrogens is 414 g/mol. The van der Waals surface area contributed by atoms with Gasteiger partial charge in [-0.3, -0.25) is 9.59 Å². The van der Waals surface area contributed by atoms with Crippen molar-refractivity contribution in [1.29, 1.82) is 0 Å². The van der Waals surface area contributed by atoms with Gasteiger partial charge in [-0.2, -0.15) is 0 Å². The van der Waals surface area contributed by atoms with Crippen LogP contribution in [0.2, 0.25) is 0 Å². The van der Waals surface area contributed by atoms with Gasteiger partial charge in [0.25, 0.3) is 5.91 Å². The summed E-state index contributed by atoms with van der Waals surface area (Å²) in [4.78, 5) is 24.8. The number of methoxy groups -OCH3 is 1. The van der Waals surface area contributed by atoms with E-state index in [1.807, 2.05) is 38.2 Å². The van der Waals surface area contributed by atoms with Gasteiger partial charge in [0, 0.05) is 18.3 Å². The molecule has 0 bridgehead atoms. The molecule has 1 aromatic heterocycles. The molecule has 2 amide bonds. The van der Waals surface area contributed by atoms with Crippen molar-refractivity contribution in [2.24, 2.45) is 7.05 Å². The lowest BCUT2D eigenvalue weighted by molar-refractivity contribution is -0.113. The first-order valence-corrected chi connectivity index (χ1v) is 10.8. The van der Waals surface area contributed by atoms with E-state index in [1.165, 1.54) is 11.8 Å². The molecule has 1 heterocycles. The number of thioether (sulfide) groups is 1. The zero-order valence-electron chi connectivity index (χ0n) is 17.7. The second kappa shape index (κ2) is 10.6. The third kappa shape index (κ3) is 6.08. The highest BCUT2D eigenvalue weighted by Crippen LogP contribution is 2.21. The Bertz CT molecular complexity index is 1020. The Labute approximate surface area is 185 Å². The predicted octanol–water partition coefficient (Wildman–Crippen LogP) is 3.44. The molecule has 0 fully saturated rings. The summed E-state index contributed by atoms with van der Waals surface area (Å²) in [5.74, 6) is 0.668. The lowest BCUT2D eigenvalue weighted by Gasteiger charge is -2.18. The topological polar surface area (TPSA) is 98.1 Å². The molecule has 0 aliphatic heterocycles. The Morgan fingerprint density at radius 3 is 2.42 bits per heavy atom. The van der Waals surface area contributed by atoms with Crippen molar-refractivity contribution in [3.05, 3.63) is 66.0 Å². The van der Waals surface area contributed by atoms with E-state index >= 15 is 0 Å². The Hall–Kier alpha value is -3.33. The molecule has 0 saturated heterocycles. The van der Waals surface area contributed by atoms with Crippen molar-refractivity contribution in [1.82, 2.24) is 20.1 Å². The first kappa shape index (κ1) is 22.4. The molecule has 9 heteroatoms. The number of carbonyl (C=O) groups excluding carboxylic acids is 2. The highest BCUT2D eigenvalue weighted by Gasteiger charge is 2.15. The van der Waals surface area contributed by atoms with E-state index in [4.69, 9.17) is 4.74 Å². The summed E-state index contributed by atoms with van der Waals surface area (Å²) in [7, 11) is 3.44. The molecule has 2 N–H and O–H groups in total. The normalized spacial score (nSPS) is 11.6. The molecule has 3 aromatic rings. The number of nitrogens with one attached hydrogen (secondary N) is 2. The van der Waals surface area contributed by atoms with Gasteiger partial charge in [-0.05, 0) is 48.4 Å². The molecule has 0 radical (unpaired) electrons. The average molecular weight is 440 g/mol. The Kier molecular flexibility index (Phi) is 7.66. The Balaban J connectivity index is 1.54. The fourth-order valence-electron chi connectivity index (χ4n) is 2.93. The lowest BCUT2D eigenvalue weighted by atomic mass is 10.0. The van der Waals surface area contributed by atoms with Crippen molar-refractivity contribution < 1.29 is 14.3 Å². The van der Waals surface area contributed by atoms with Crippen molar-refractivity contribution >= 4 is 29.3 Å². The van der Waals surface area contributed by atoms with E-state index in [9.17, 15) is 9.59 Å². The van der Waals surface area contributed by atoms with E-state index in [2.05, 4.69) is 20.8 Å². The minimum absolute atomic E-state index is 0.101. The van der Waals surface area contributed by atoms with Gasteiger partial charge in [0.05, 0.1) is 18.9 Å². The number of hydrogen-bond acceptors (Lipinski definition) is 6. The van der Waals surface area contributed by atoms with Crippen LogP contribution >= 0.6 is 11.8 Å². The molecule has 0 spiro atoms. The third-order valence-electron chi connectivity index (χ3n) is 4.66. The SMILES string of the molecule is CCC(NC(=O)c1ccc(NC(=O)CSc2nncn2C)cc1)c1ccc(OC)cc1. The second-order valence-electron chi connectivity index (χ2n) is 6.85. The summed E-state index contributed by atoms with van der Waals surface area (Å²) < 4.78 is 6.94. The lowest BCUT2D eigenvalue weighted by Crippen LogP contribution is -2.28. The van der Waals surface area contributed by atoms with Crippen LogP contribution in [-0.2, 0) is 11.8 Å². The molecule has 162 valence electrons. The van der Waals surface area contributed by atoms with Gasteiger partial charge < -0.3 is 19.9 Å². The number of aromatic nitrogens is 3. The first-order valence-electron chi connectivity index (χ1n) is 9.81. The minimum atomic E-state index is -0.168. The molecule has 2 aromatic carbocycles. The number of amides is 2. The van der Waals surface area contributed by atoms with Gasteiger partial charge in [0.2, 0.25) is 5.91 Å². The summed E-state index contributed by atoms with van der Waals surface area (Å²) in [6.07, 6.45) is 2.34. The molecule has 0 aliphatic carbocycles. The molecule has 1 unspecified atom stereocenters. The number of aryl methyl sites for hydroxylation is 1. The molecule has 31 heavy (non-hydrogen) atoms. The smallest absolute Gasteiger partial charge is 0.251 e. The van der Waals surface area contributed by atoms with E-state index in [0.29, 0.717) is 16.4 Å². The third-order valence-corrected chi connectivity index (χ3v) is 5.70. The zero-order chi connectivity index (χ0) is 22.2. The monoisotopic (exact) mass is 439 g/mol. The van der Waals surface area contributed by atoms with Crippen LogP contribution in [0.4, 0.5) is 5.69 Å². The average Bonchev–Trinajstić information content (AvgIpc) is 3.21. The van der Waals surface area contributed by atoms with Gasteiger partial charge in [-0.15, -0.1) is 10.2 Å². The summed E-state index contributed by atoms with van der Waals surface area (Å²) in [5.41, 5.74) is 2.17. The maximum absolute atomic E-state index is 12.7. The number of carbonyl (C=O) groups is 2. The van der Waals surface area contributed by atoms with Gasteiger partial charge in [0.15, 0.2) is 5.16 Å². The standard InChI is InChI=1S/C22H25N5O3S/c1-4-19(15-7-11-18(30-3)12-8-15)25-21(29)16-5-9-17(10-6-16)24-20(28)13-31-22-26-23-14-27(22)2/h5-12,14,19H,4,13H2,1-3H3,(H,24,28)(H,25,29). The molecule has 1 atom stereocenters.